The van der Waals surface area contributed by atoms with Gasteiger partial charge in [0.15, 0.2) is 0 Å². The number of halogens is 1. The van der Waals surface area contributed by atoms with Crippen LogP contribution in [0.2, 0.25) is 5.02 Å². The van der Waals surface area contributed by atoms with Crippen LogP contribution in [0, 0.1) is 11.3 Å². The summed E-state index contributed by atoms with van der Waals surface area (Å²) >= 11 is 6.54. The molecule has 1 atom stereocenters. The molecule has 2 aromatic rings. The van der Waals surface area contributed by atoms with Crippen LogP contribution in [-0.4, -0.2) is 19.0 Å². The van der Waals surface area contributed by atoms with Gasteiger partial charge in [-0.1, -0.05) is 63.6 Å². The SMILES string of the molecule is CC(C)c1ccc(C(c2cc(Cl)c(C(C)C)c(C#N)c2)N(C)C)cc1. The molecule has 0 aliphatic rings. The molecule has 3 heteroatoms. The van der Waals surface area contributed by atoms with Crippen LogP contribution >= 0.6 is 11.6 Å². The van der Waals surface area contributed by atoms with Crippen LogP contribution in [0.4, 0.5) is 0 Å². The number of rotatable bonds is 5. The smallest absolute Gasteiger partial charge is 0.0995 e. The molecule has 0 aliphatic heterocycles. The number of nitrogens with zero attached hydrogens (tertiary/aromatic N) is 2. The summed E-state index contributed by atoms with van der Waals surface area (Å²) in [5.74, 6) is 0.733. The molecule has 2 nitrogen and oxygen atoms in total. The average molecular weight is 355 g/mol. The summed E-state index contributed by atoms with van der Waals surface area (Å²) in [4.78, 5) is 2.16. The van der Waals surface area contributed by atoms with E-state index in [9.17, 15) is 5.26 Å². The second kappa shape index (κ2) is 8.04. The Kier molecular flexibility index (Phi) is 6.27. The predicted molar refractivity (Wildman–Crippen MR) is 106 cm³/mol. The molecule has 1 unspecified atom stereocenters. The molecular weight excluding hydrogens is 328 g/mol. The first-order valence-corrected chi connectivity index (χ1v) is 9.13. The maximum Gasteiger partial charge on any atom is 0.0995 e. The minimum absolute atomic E-state index is 0.0621. The maximum atomic E-state index is 9.58. The van der Waals surface area contributed by atoms with Crippen molar-refractivity contribution < 1.29 is 0 Å². The second-order valence-electron chi connectivity index (χ2n) is 7.42. The fraction of sp³-hybridized carbons (Fsp3) is 0.409. The summed E-state index contributed by atoms with van der Waals surface area (Å²) < 4.78 is 0. The van der Waals surface area contributed by atoms with Crippen LogP contribution in [0.25, 0.3) is 0 Å². The molecular formula is C22H27ClN2. The Morgan fingerprint density at radius 2 is 1.44 bits per heavy atom. The lowest BCUT2D eigenvalue weighted by atomic mass is 9.90. The molecule has 0 spiro atoms. The monoisotopic (exact) mass is 354 g/mol. The third-order valence-electron chi connectivity index (χ3n) is 4.60. The predicted octanol–water partition coefficient (Wildman–Crippen LogP) is 6.11. The second-order valence-corrected chi connectivity index (χ2v) is 7.83. The fourth-order valence-electron chi connectivity index (χ4n) is 3.33. The van der Waals surface area contributed by atoms with Gasteiger partial charge in [0.1, 0.15) is 0 Å². The van der Waals surface area contributed by atoms with E-state index in [1.807, 2.05) is 12.1 Å². The lowest BCUT2D eigenvalue weighted by Gasteiger charge is -2.27. The molecule has 0 radical (unpaired) electrons. The molecule has 0 saturated carbocycles. The van der Waals surface area contributed by atoms with Gasteiger partial charge in [-0.25, -0.2) is 0 Å². The normalized spacial score (nSPS) is 12.7. The Bertz CT molecular complexity index is 768. The third-order valence-corrected chi connectivity index (χ3v) is 4.91. The van der Waals surface area contributed by atoms with Gasteiger partial charge < -0.3 is 0 Å². The van der Waals surface area contributed by atoms with Gasteiger partial charge in [0.2, 0.25) is 0 Å². The zero-order chi connectivity index (χ0) is 18.7. The lowest BCUT2D eigenvalue weighted by molar-refractivity contribution is 0.342. The molecule has 0 saturated heterocycles. The summed E-state index contributed by atoms with van der Waals surface area (Å²) in [5, 5.41) is 10.3. The van der Waals surface area contributed by atoms with Crippen molar-refractivity contribution in [2.75, 3.05) is 14.1 Å². The van der Waals surface area contributed by atoms with Crippen LogP contribution in [0.15, 0.2) is 36.4 Å². The summed E-state index contributed by atoms with van der Waals surface area (Å²) in [6.45, 7) is 8.52. The largest absolute Gasteiger partial charge is 0.299 e. The van der Waals surface area contributed by atoms with Gasteiger partial charge in [0, 0.05) is 5.02 Å². The Hall–Kier alpha value is -1.82. The summed E-state index contributed by atoms with van der Waals surface area (Å²) in [5.41, 5.74) is 5.18. The van der Waals surface area contributed by atoms with Crippen molar-refractivity contribution >= 4 is 11.6 Å². The van der Waals surface area contributed by atoms with E-state index in [2.05, 4.69) is 77.0 Å². The fourth-order valence-corrected chi connectivity index (χ4v) is 3.77. The van der Waals surface area contributed by atoms with E-state index in [1.54, 1.807) is 0 Å². The highest BCUT2D eigenvalue weighted by Crippen LogP contribution is 2.35. The van der Waals surface area contributed by atoms with E-state index in [4.69, 9.17) is 11.6 Å². The Morgan fingerprint density at radius 3 is 1.88 bits per heavy atom. The third kappa shape index (κ3) is 4.24. The topological polar surface area (TPSA) is 27.0 Å². The molecule has 0 heterocycles. The van der Waals surface area contributed by atoms with Gasteiger partial charge in [-0.2, -0.15) is 5.26 Å². The molecule has 0 bridgehead atoms. The Labute approximate surface area is 157 Å². The molecule has 0 aromatic heterocycles. The molecule has 2 aromatic carbocycles. The highest BCUT2D eigenvalue weighted by atomic mass is 35.5. The van der Waals surface area contributed by atoms with Crippen molar-refractivity contribution in [2.24, 2.45) is 0 Å². The van der Waals surface area contributed by atoms with E-state index < -0.39 is 0 Å². The molecule has 25 heavy (non-hydrogen) atoms. The lowest BCUT2D eigenvalue weighted by Crippen LogP contribution is -2.21. The van der Waals surface area contributed by atoms with Crippen LogP contribution in [0.1, 0.15) is 73.4 Å². The van der Waals surface area contributed by atoms with Gasteiger partial charge in [-0.15, -0.1) is 0 Å². The van der Waals surface area contributed by atoms with Crippen LogP contribution < -0.4 is 0 Å². The quantitative estimate of drug-likeness (QED) is 0.647. The Morgan fingerprint density at radius 1 is 0.880 bits per heavy atom. The first-order chi connectivity index (χ1) is 11.8. The number of hydrogen-bond acceptors (Lipinski definition) is 2. The van der Waals surface area contributed by atoms with E-state index in [1.165, 1.54) is 11.1 Å². The molecule has 132 valence electrons. The van der Waals surface area contributed by atoms with E-state index in [-0.39, 0.29) is 12.0 Å². The van der Waals surface area contributed by atoms with E-state index >= 15 is 0 Å². The molecule has 0 aliphatic carbocycles. The number of benzene rings is 2. The van der Waals surface area contributed by atoms with E-state index in [0.29, 0.717) is 16.5 Å². The van der Waals surface area contributed by atoms with Gasteiger partial charge >= 0.3 is 0 Å². The van der Waals surface area contributed by atoms with Gasteiger partial charge in [0.05, 0.1) is 17.7 Å². The molecule has 0 fully saturated rings. The maximum absolute atomic E-state index is 9.58. The minimum atomic E-state index is 0.0621. The zero-order valence-electron chi connectivity index (χ0n) is 16.0. The zero-order valence-corrected chi connectivity index (χ0v) is 16.7. The van der Waals surface area contributed by atoms with Gasteiger partial charge in [0.25, 0.3) is 0 Å². The number of nitriles is 1. The van der Waals surface area contributed by atoms with Crippen molar-refractivity contribution in [1.82, 2.24) is 4.90 Å². The summed E-state index contributed by atoms with van der Waals surface area (Å²) in [6, 6.07) is 15.1. The highest BCUT2D eigenvalue weighted by molar-refractivity contribution is 6.31. The van der Waals surface area contributed by atoms with Crippen molar-refractivity contribution in [3.8, 4) is 6.07 Å². The Balaban J connectivity index is 2.55. The van der Waals surface area contributed by atoms with Crippen LogP contribution in [0.5, 0.6) is 0 Å². The van der Waals surface area contributed by atoms with Crippen LogP contribution in [-0.2, 0) is 0 Å². The minimum Gasteiger partial charge on any atom is -0.299 e. The number of hydrogen-bond donors (Lipinski definition) is 0. The van der Waals surface area contributed by atoms with Crippen molar-refractivity contribution in [3.63, 3.8) is 0 Å². The van der Waals surface area contributed by atoms with Crippen LogP contribution in [0.3, 0.4) is 0 Å². The highest BCUT2D eigenvalue weighted by Gasteiger charge is 2.21. The van der Waals surface area contributed by atoms with Crippen molar-refractivity contribution in [2.45, 2.75) is 45.6 Å². The van der Waals surface area contributed by atoms with Crippen molar-refractivity contribution in [3.05, 3.63) is 69.2 Å². The molecule has 0 N–H and O–H groups in total. The van der Waals surface area contributed by atoms with Crippen molar-refractivity contribution in [1.29, 1.82) is 5.26 Å². The first kappa shape index (κ1) is 19.5. The summed E-state index contributed by atoms with van der Waals surface area (Å²) in [7, 11) is 4.11. The summed E-state index contributed by atoms with van der Waals surface area (Å²) in [6.07, 6.45) is 0. The van der Waals surface area contributed by atoms with Gasteiger partial charge in [-0.05, 0) is 60.3 Å². The molecule has 0 amide bonds. The molecule has 2 rings (SSSR count). The average Bonchev–Trinajstić information content (AvgIpc) is 2.54. The van der Waals surface area contributed by atoms with E-state index in [0.717, 1.165) is 11.1 Å². The standard InChI is InChI=1S/C22H27ClN2/c1-14(2)16-7-9-17(10-8-16)22(25(5)6)18-11-19(13-24)21(15(3)4)20(23)12-18/h7-12,14-15,22H,1-6H3. The first-order valence-electron chi connectivity index (χ1n) is 8.76. The van der Waals surface area contributed by atoms with Gasteiger partial charge in [-0.3, -0.25) is 4.90 Å².